The smallest absolute Gasteiger partial charge is 0.352 e. The molecule has 2 rings (SSSR count). The zero-order valence-corrected chi connectivity index (χ0v) is 9.08. The fourth-order valence-electron chi connectivity index (χ4n) is 1.85. The van der Waals surface area contributed by atoms with Crippen molar-refractivity contribution in [2.75, 3.05) is 6.61 Å². The summed E-state index contributed by atoms with van der Waals surface area (Å²) in [7, 11) is 0. The van der Waals surface area contributed by atoms with Gasteiger partial charge in [0.2, 0.25) is 0 Å². The highest BCUT2D eigenvalue weighted by molar-refractivity contribution is 5.94. The molecule has 0 amide bonds. The van der Waals surface area contributed by atoms with Crippen molar-refractivity contribution in [3.8, 4) is 0 Å². The number of benzene rings is 1. The van der Waals surface area contributed by atoms with Crippen molar-refractivity contribution < 1.29 is 20.1 Å². The predicted molar refractivity (Wildman–Crippen MR) is 62.0 cm³/mol. The standard InChI is InChI=1S/C12H13NO4/c14-7-9(15)6-13-10-4-2-1-3-8(10)5-11(13)12(16)17/h1-5,9,14-15H,6-7H2,(H,16,17). The third-order valence-electron chi connectivity index (χ3n) is 2.63. The van der Waals surface area contributed by atoms with Crippen LogP contribution in [0.4, 0.5) is 0 Å². The Labute approximate surface area is 97.5 Å². The molecule has 17 heavy (non-hydrogen) atoms. The van der Waals surface area contributed by atoms with E-state index in [9.17, 15) is 9.90 Å². The lowest BCUT2D eigenvalue weighted by Crippen LogP contribution is -2.22. The molecule has 90 valence electrons. The number of carboxylic acids is 1. The minimum absolute atomic E-state index is 0.0612. The summed E-state index contributed by atoms with van der Waals surface area (Å²) >= 11 is 0. The first kappa shape index (κ1) is 11.6. The topological polar surface area (TPSA) is 82.7 Å². The monoisotopic (exact) mass is 235 g/mol. The maximum absolute atomic E-state index is 11.1. The Morgan fingerprint density at radius 3 is 2.71 bits per heavy atom. The van der Waals surface area contributed by atoms with Gasteiger partial charge in [0.25, 0.3) is 0 Å². The van der Waals surface area contributed by atoms with Crippen LogP contribution in [0.5, 0.6) is 0 Å². The summed E-state index contributed by atoms with van der Waals surface area (Å²) in [4.78, 5) is 11.1. The van der Waals surface area contributed by atoms with E-state index >= 15 is 0 Å². The number of rotatable bonds is 4. The maximum atomic E-state index is 11.1. The normalized spacial score (nSPS) is 12.8. The van der Waals surface area contributed by atoms with E-state index < -0.39 is 18.7 Å². The van der Waals surface area contributed by atoms with E-state index in [1.165, 1.54) is 4.57 Å². The number of aliphatic hydroxyl groups excluding tert-OH is 2. The minimum atomic E-state index is -1.05. The molecule has 1 heterocycles. The maximum Gasteiger partial charge on any atom is 0.352 e. The Morgan fingerprint density at radius 1 is 1.35 bits per heavy atom. The fraction of sp³-hybridized carbons (Fsp3) is 0.250. The van der Waals surface area contributed by atoms with Gasteiger partial charge < -0.3 is 19.9 Å². The summed E-state index contributed by atoms with van der Waals surface area (Å²) in [5.41, 5.74) is 0.844. The molecule has 0 radical (unpaired) electrons. The number of aromatic carboxylic acids is 1. The largest absolute Gasteiger partial charge is 0.477 e. The van der Waals surface area contributed by atoms with E-state index in [2.05, 4.69) is 0 Å². The first-order valence-corrected chi connectivity index (χ1v) is 5.24. The van der Waals surface area contributed by atoms with E-state index in [1.54, 1.807) is 18.2 Å². The van der Waals surface area contributed by atoms with Gasteiger partial charge in [0.15, 0.2) is 0 Å². The summed E-state index contributed by atoms with van der Waals surface area (Å²) in [6, 6.07) is 8.77. The molecule has 2 aromatic rings. The van der Waals surface area contributed by atoms with Gasteiger partial charge in [-0.1, -0.05) is 18.2 Å². The van der Waals surface area contributed by atoms with Gasteiger partial charge in [-0.15, -0.1) is 0 Å². The van der Waals surface area contributed by atoms with E-state index in [-0.39, 0.29) is 12.2 Å². The molecular formula is C12H13NO4. The Kier molecular flexibility index (Phi) is 3.12. The summed E-state index contributed by atoms with van der Waals surface area (Å²) in [6.45, 7) is -0.336. The van der Waals surface area contributed by atoms with Gasteiger partial charge in [0, 0.05) is 10.9 Å². The van der Waals surface area contributed by atoms with Crippen molar-refractivity contribution in [1.29, 1.82) is 0 Å². The van der Waals surface area contributed by atoms with Crippen molar-refractivity contribution in [2.45, 2.75) is 12.6 Å². The zero-order chi connectivity index (χ0) is 12.4. The number of carboxylic acid groups (broad SMARTS) is 1. The molecule has 0 aliphatic rings. The van der Waals surface area contributed by atoms with Crippen LogP contribution < -0.4 is 0 Å². The number of nitrogens with zero attached hydrogens (tertiary/aromatic N) is 1. The second kappa shape index (κ2) is 4.57. The number of para-hydroxylation sites is 1. The summed E-state index contributed by atoms with van der Waals surface area (Å²) < 4.78 is 1.50. The summed E-state index contributed by atoms with van der Waals surface area (Å²) in [5, 5.41) is 28.1. The van der Waals surface area contributed by atoms with Gasteiger partial charge in [-0.2, -0.15) is 0 Å². The Bertz CT molecular complexity index is 546. The van der Waals surface area contributed by atoms with Crippen molar-refractivity contribution >= 4 is 16.9 Å². The van der Waals surface area contributed by atoms with E-state index in [4.69, 9.17) is 10.2 Å². The van der Waals surface area contributed by atoms with Crippen molar-refractivity contribution in [1.82, 2.24) is 4.57 Å². The molecule has 0 saturated carbocycles. The van der Waals surface area contributed by atoms with Crippen LogP contribution in [0.2, 0.25) is 0 Å². The summed E-state index contributed by atoms with van der Waals surface area (Å²) in [6.07, 6.45) is -0.969. The highest BCUT2D eigenvalue weighted by Gasteiger charge is 2.16. The van der Waals surface area contributed by atoms with E-state index in [0.29, 0.717) is 0 Å². The fourth-order valence-corrected chi connectivity index (χ4v) is 1.85. The quantitative estimate of drug-likeness (QED) is 0.728. The highest BCUT2D eigenvalue weighted by atomic mass is 16.4. The molecule has 1 unspecified atom stereocenters. The molecule has 3 N–H and O–H groups in total. The van der Waals surface area contributed by atoms with Crippen LogP contribution in [0.1, 0.15) is 10.5 Å². The number of fused-ring (bicyclic) bond motifs is 1. The lowest BCUT2D eigenvalue weighted by atomic mass is 10.2. The molecule has 1 atom stereocenters. The highest BCUT2D eigenvalue weighted by Crippen LogP contribution is 2.20. The minimum Gasteiger partial charge on any atom is -0.477 e. The van der Waals surface area contributed by atoms with Gasteiger partial charge >= 0.3 is 5.97 Å². The van der Waals surface area contributed by atoms with Gasteiger partial charge in [0.05, 0.1) is 19.3 Å². The Morgan fingerprint density at radius 2 is 2.06 bits per heavy atom. The first-order valence-electron chi connectivity index (χ1n) is 5.24. The number of carbonyl (C=O) groups is 1. The van der Waals surface area contributed by atoms with Crippen LogP contribution in [0.3, 0.4) is 0 Å². The third-order valence-corrected chi connectivity index (χ3v) is 2.63. The summed E-state index contributed by atoms with van der Waals surface area (Å²) in [5.74, 6) is -1.05. The molecule has 5 heteroatoms. The molecule has 0 fully saturated rings. The van der Waals surface area contributed by atoms with Crippen LogP contribution in [-0.2, 0) is 6.54 Å². The van der Waals surface area contributed by atoms with Gasteiger partial charge in [-0.25, -0.2) is 4.79 Å². The van der Waals surface area contributed by atoms with Gasteiger partial charge in [0.1, 0.15) is 5.69 Å². The van der Waals surface area contributed by atoms with Crippen LogP contribution in [0.25, 0.3) is 10.9 Å². The van der Waals surface area contributed by atoms with Gasteiger partial charge in [-0.05, 0) is 12.1 Å². The molecular weight excluding hydrogens is 222 g/mol. The Hall–Kier alpha value is -1.85. The predicted octanol–water partition coefficient (Wildman–Crippen LogP) is 0.693. The second-order valence-electron chi connectivity index (χ2n) is 3.84. The van der Waals surface area contributed by atoms with Crippen LogP contribution in [-0.4, -0.2) is 38.6 Å². The van der Waals surface area contributed by atoms with Crippen LogP contribution in [0.15, 0.2) is 30.3 Å². The molecule has 1 aromatic heterocycles. The third kappa shape index (κ3) is 2.15. The molecule has 0 spiro atoms. The van der Waals surface area contributed by atoms with Crippen molar-refractivity contribution in [2.24, 2.45) is 0 Å². The van der Waals surface area contributed by atoms with E-state index in [1.807, 2.05) is 12.1 Å². The molecule has 0 aliphatic carbocycles. The molecule has 0 bridgehead atoms. The lowest BCUT2D eigenvalue weighted by molar-refractivity contribution is 0.0658. The lowest BCUT2D eigenvalue weighted by Gasteiger charge is -2.11. The number of hydrogen-bond acceptors (Lipinski definition) is 3. The van der Waals surface area contributed by atoms with Crippen molar-refractivity contribution in [3.05, 3.63) is 36.0 Å². The molecule has 0 aliphatic heterocycles. The second-order valence-corrected chi connectivity index (χ2v) is 3.84. The van der Waals surface area contributed by atoms with Crippen molar-refractivity contribution in [3.63, 3.8) is 0 Å². The number of hydrogen-bond donors (Lipinski definition) is 3. The molecule has 1 aromatic carbocycles. The van der Waals surface area contributed by atoms with Crippen LogP contribution >= 0.6 is 0 Å². The molecule has 0 saturated heterocycles. The SMILES string of the molecule is O=C(O)c1cc2ccccc2n1CC(O)CO. The average Bonchev–Trinajstić information content (AvgIpc) is 2.68. The average molecular weight is 235 g/mol. The zero-order valence-electron chi connectivity index (χ0n) is 9.08. The number of aliphatic hydroxyl groups is 2. The van der Waals surface area contributed by atoms with Crippen LogP contribution in [0, 0.1) is 0 Å². The van der Waals surface area contributed by atoms with Gasteiger partial charge in [-0.3, -0.25) is 0 Å². The van der Waals surface area contributed by atoms with E-state index in [0.717, 1.165) is 10.9 Å². The first-order chi connectivity index (χ1) is 8.13. The number of aromatic nitrogens is 1. The Balaban J connectivity index is 2.55. The molecule has 5 nitrogen and oxygen atoms in total.